The summed E-state index contributed by atoms with van der Waals surface area (Å²) >= 11 is 4.65. The molecule has 0 bridgehead atoms. The molecule has 4 nitrogen and oxygen atoms in total. The summed E-state index contributed by atoms with van der Waals surface area (Å²) < 4.78 is 31.5. The van der Waals surface area contributed by atoms with Crippen LogP contribution in [0.3, 0.4) is 0 Å². The Morgan fingerprint density at radius 3 is 2.08 bits per heavy atom. The smallest absolute Gasteiger partial charge is 0.124 e. The summed E-state index contributed by atoms with van der Waals surface area (Å²) in [6, 6.07) is 5.15. The molecule has 0 fully saturated rings. The van der Waals surface area contributed by atoms with Gasteiger partial charge in [0, 0.05) is 5.56 Å². The van der Waals surface area contributed by atoms with Crippen LogP contribution in [0, 0.1) is 0 Å². The minimum absolute atomic E-state index is 0.162. The van der Waals surface area contributed by atoms with Gasteiger partial charge in [0.1, 0.15) is 15.1 Å². The zero-order chi connectivity index (χ0) is 10.1. The van der Waals surface area contributed by atoms with E-state index in [2.05, 4.69) is 12.2 Å². The highest BCUT2D eigenvalue weighted by molar-refractivity contribution is 7.85. The summed E-state index contributed by atoms with van der Waals surface area (Å²) in [5, 5.41) is 0. The van der Waals surface area contributed by atoms with Crippen molar-refractivity contribution in [1.29, 1.82) is 0 Å². The third kappa shape index (κ3) is 2.48. The molecule has 0 saturated heterocycles. The minimum Gasteiger partial charge on any atom is -0.744 e. The second-order valence-electron chi connectivity index (χ2n) is 2.34. The maximum Gasteiger partial charge on any atom is 0.124 e. The third-order valence-electron chi connectivity index (χ3n) is 1.43. The van der Waals surface area contributed by atoms with Gasteiger partial charge >= 0.3 is 0 Å². The van der Waals surface area contributed by atoms with Crippen molar-refractivity contribution in [2.75, 3.05) is 0 Å². The molecule has 0 atom stereocenters. The molecule has 70 valence electrons. The lowest BCUT2D eigenvalue weighted by molar-refractivity contribution is 0.463. The molecule has 0 aromatic heterocycles. The van der Waals surface area contributed by atoms with Crippen molar-refractivity contribution in [3.05, 3.63) is 29.8 Å². The highest BCUT2D eigenvalue weighted by Crippen LogP contribution is 2.09. The van der Waals surface area contributed by atoms with E-state index in [4.69, 9.17) is 5.73 Å². The summed E-state index contributed by atoms with van der Waals surface area (Å²) in [5.74, 6) is 0. The lowest BCUT2D eigenvalue weighted by atomic mass is 10.2. The second kappa shape index (κ2) is 3.41. The summed E-state index contributed by atoms with van der Waals surface area (Å²) in [7, 11) is -4.38. The fourth-order valence-electron chi connectivity index (χ4n) is 0.786. The Balaban J connectivity index is 3.16. The van der Waals surface area contributed by atoms with Crippen molar-refractivity contribution in [1.82, 2.24) is 0 Å². The molecule has 1 rings (SSSR count). The van der Waals surface area contributed by atoms with E-state index in [-0.39, 0.29) is 9.88 Å². The molecule has 0 unspecified atom stereocenters. The van der Waals surface area contributed by atoms with E-state index in [0.29, 0.717) is 5.56 Å². The lowest BCUT2D eigenvalue weighted by Gasteiger charge is -2.06. The molecular formula is C7H6NO3S2-. The maximum absolute atomic E-state index is 10.5. The van der Waals surface area contributed by atoms with Crippen LogP contribution in [0.1, 0.15) is 5.56 Å². The van der Waals surface area contributed by atoms with Crippen LogP contribution >= 0.6 is 12.2 Å². The molecule has 0 spiro atoms. The molecule has 13 heavy (non-hydrogen) atoms. The van der Waals surface area contributed by atoms with E-state index < -0.39 is 10.1 Å². The summed E-state index contributed by atoms with van der Waals surface area (Å²) in [4.78, 5) is -0.123. The van der Waals surface area contributed by atoms with Gasteiger partial charge in [0.2, 0.25) is 0 Å². The van der Waals surface area contributed by atoms with Crippen LogP contribution in [-0.2, 0) is 10.1 Å². The number of benzene rings is 1. The van der Waals surface area contributed by atoms with Crippen LogP contribution in [0.25, 0.3) is 0 Å². The van der Waals surface area contributed by atoms with E-state index in [1.807, 2.05) is 0 Å². The van der Waals surface area contributed by atoms with Crippen molar-refractivity contribution in [3.63, 3.8) is 0 Å². The fourth-order valence-corrected chi connectivity index (χ4v) is 1.39. The van der Waals surface area contributed by atoms with Gasteiger partial charge in [-0.1, -0.05) is 24.4 Å². The van der Waals surface area contributed by atoms with Gasteiger partial charge in [0.05, 0.1) is 4.90 Å². The van der Waals surface area contributed by atoms with E-state index in [1.165, 1.54) is 24.3 Å². The molecule has 2 N–H and O–H groups in total. The van der Waals surface area contributed by atoms with Crippen LogP contribution in [0.4, 0.5) is 0 Å². The van der Waals surface area contributed by atoms with Gasteiger partial charge in [0.25, 0.3) is 0 Å². The van der Waals surface area contributed by atoms with Crippen molar-refractivity contribution in [2.45, 2.75) is 4.90 Å². The molecule has 0 aliphatic rings. The van der Waals surface area contributed by atoms with Crippen LogP contribution in [0.15, 0.2) is 29.2 Å². The molecule has 0 aliphatic carbocycles. The Labute approximate surface area is 81.1 Å². The average molecular weight is 216 g/mol. The van der Waals surface area contributed by atoms with Crippen molar-refractivity contribution < 1.29 is 13.0 Å². The Hall–Kier alpha value is -0.980. The monoisotopic (exact) mass is 216 g/mol. The number of hydrogen-bond donors (Lipinski definition) is 1. The van der Waals surface area contributed by atoms with Gasteiger partial charge in [-0.05, 0) is 12.1 Å². The number of nitrogens with two attached hydrogens (primary N) is 1. The quantitative estimate of drug-likeness (QED) is 0.565. The summed E-state index contributed by atoms with van der Waals surface area (Å²) in [6.07, 6.45) is 0. The topological polar surface area (TPSA) is 83.2 Å². The number of hydrogen-bond acceptors (Lipinski definition) is 4. The Bertz CT molecular complexity index is 422. The van der Waals surface area contributed by atoms with E-state index in [9.17, 15) is 13.0 Å². The standard InChI is InChI=1S/C7H7NO3S2/c8-7(12)5-1-3-6(4-2-5)13(9,10)11/h1-4H,(H2,8,12)(H,9,10,11)/p-1. The molecule has 1 aromatic carbocycles. The molecule has 6 heteroatoms. The molecule has 0 radical (unpaired) electrons. The van der Waals surface area contributed by atoms with Crippen molar-refractivity contribution in [3.8, 4) is 0 Å². The summed E-state index contributed by atoms with van der Waals surface area (Å²) in [6.45, 7) is 0. The zero-order valence-electron chi connectivity index (χ0n) is 6.43. The highest BCUT2D eigenvalue weighted by Gasteiger charge is 2.01. The molecule has 1 aromatic rings. The minimum atomic E-state index is -4.38. The maximum atomic E-state index is 10.5. The lowest BCUT2D eigenvalue weighted by Crippen LogP contribution is -2.09. The van der Waals surface area contributed by atoms with Gasteiger partial charge < -0.3 is 10.3 Å². The Morgan fingerprint density at radius 2 is 1.77 bits per heavy atom. The molecule has 0 aliphatic heterocycles. The summed E-state index contributed by atoms with van der Waals surface area (Å²) in [5.41, 5.74) is 5.81. The first kappa shape index (κ1) is 10.1. The molecular weight excluding hydrogens is 210 g/mol. The van der Waals surface area contributed by atoms with Crippen LogP contribution in [-0.4, -0.2) is 18.0 Å². The molecule has 0 saturated carbocycles. The van der Waals surface area contributed by atoms with Gasteiger partial charge in [0.15, 0.2) is 0 Å². The first-order valence-electron chi connectivity index (χ1n) is 3.27. The van der Waals surface area contributed by atoms with Crippen LogP contribution < -0.4 is 5.73 Å². The fraction of sp³-hybridized carbons (Fsp3) is 0. The normalized spacial score (nSPS) is 11.2. The zero-order valence-corrected chi connectivity index (χ0v) is 8.06. The van der Waals surface area contributed by atoms with Crippen molar-refractivity contribution in [2.24, 2.45) is 5.73 Å². The SMILES string of the molecule is NC(=S)c1ccc(S(=O)(=O)[O-])cc1. The molecule has 0 amide bonds. The van der Waals surface area contributed by atoms with Gasteiger partial charge in [-0.3, -0.25) is 0 Å². The van der Waals surface area contributed by atoms with E-state index in [1.54, 1.807) is 0 Å². The average Bonchev–Trinajstić information content (AvgIpc) is 2.03. The highest BCUT2D eigenvalue weighted by atomic mass is 32.2. The van der Waals surface area contributed by atoms with E-state index >= 15 is 0 Å². The van der Waals surface area contributed by atoms with Crippen LogP contribution in [0.2, 0.25) is 0 Å². The largest absolute Gasteiger partial charge is 0.744 e. The van der Waals surface area contributed by atoms with E-state index in [0.717, 1.165) is 0 Å². The van der Waals surface area contributed by atoms with Gasteiger partial charge in [-0.15, -0.1) is 0 Å². The second-order valence-corrected chi connectivity index (χ2v) is 4.16. The first-order chi connectivity index (χ1) is 5.91. The Morgan fingerprint density at radius 1 is 1.31 bits per heavy atom. The third-order valence-corrected chi connectivity index (χ3v) is 2.51. The van der Waals surface area contributed by atoms with Gasteiger partial charge in [-0.2, -0.15) is 0 Å². The van der Waals surface area contributed by atoms with Gasteiger partial charge in [-0.25, -0.2) is 8.42 Å². The Kier molecular flexibility index (Phi) is 2.65. The predicted octanol–water partition coefficient (Wildman–Crippen LogP) is 0.225. The first-order valence-corrected chi connectivity index (χ1v) is 5.08. The number of thiocarbonyl (C=S) groups is 1. The number of rotatable bonds is 2. The van der Waals surface area contributed by atoms with Crippen molar-refractivity contribution >= 4 is 27.3 Å². The predicted molar refractivity (Wildman–Crippen MR) is 50.3 cm³/mol. The molecule has 0 heterocycles. The van der Waals surface area contributed by atoms with Crippen LogP contribution in [0.5, 0.6) is 0 Å².